The van der Waals surface area contributed by atoms with Crippen molar-refractivity contribution in [2.75, 3.05) is 11.9 Å². The van der Waals surface area contributed by atoms with Crippen molar-refractivity contribution in [3.05, 3.63) is 29.1 Å². The van der Waals surface area contributed by atoms with E-state index >= 15 is 0 Å². The molecule has 0 bridgehead atoms. The van der Waals surface area contributed by atoms with Gasteiger partial charge >= 0.3 is 12.2 Å². The lowest BCUT2D eigenvalue weighted by molar-refractivity contribution is 0.00387. The van der Waals surface area contributed by atoms with Crippen LogP contribution >= 0.6 is 0 Å². The topological polar surface area (TPSA) is 111 Å². The maximum absolute atomic E-state index is 14.5. The third-order valence-electron chi connectivity index (χ3n) is 5.11. The number of hydrogen-bond acceptors (Lipinski definition) is 8. The van der Waals surface area contributed by atoms with Crippen molar-refractivity contribution in [3.63, 3.8) is 0 Å². The number of carbonyl (C=O) groups excluding carboxylic acids is 2. The Balaban J connectivity index is 2.06. The van der Waals surface area contributed by atoms with E-state index in [1.54, 1.807) is 41.5 Å². The fourth-order valence-corrected chi connectivity index (χ4v) is 3.69. The van der Waals surface area contributed by atoms with Gasteiger partial charge in [0.25, 0.3) is 0 Å². The standard InChI is InChI=1S/C22H31FN6O4/c1-8-10-15-24-11-14(23)18(25-15)26-17-13-12-28(19(30)33-21(3,4)5)22(6,7)16(13)29(27-17)20(31)32-9-2/h11H,8-10,12H2,1-7H3,(H,24,25,26,27). The van der Waals surface area contributed by atoms with Gasteiger partial charge < -0.3 is 14.8 Å². The summed E-state index contributed by atoms with van der Waals surface area (Å²) in [4.78, 5) is 35.4. The molecule has 10 nitrogen and oxygen atoms in total. The zero-order chi connectivity index (χ0) is 24.6. The molecule has 1 aliphatic heterocycles. The minimum Gasteiger partial charge on any atom is -0.448 e. The van der Waals surface area contributed by atoms with Crippen molar-refractivity contribution in [2.24, 2.45) is 0 Å². The van der Waals surface area contributed by atoms with E-state index in [-0.39, 0.29) is 24.8 Å². The van der Waals surface area contributed by atoms with Crippen LogP contribution in [-0.2, 0) is 28.0 Å². The molecule has 33 heavy (non-hydrogen) atoms. The Bertz CT molecular complexity index is 1060. The van der Waals surface area contributed by atoms with E-state index in [4.69, 9.17) is 9.47 Å². The normalized spacial score (nSPS) is 14.7. The maximum Gasteiger partial charge on any atom is 0.435 e. The average molecular weight is 463 g/mol. The molecular weight excluding hydrogens is 431 g/mol. The van der Waals surface area contributed by atoms with Crippen molar-refractivity contribution in [3.8, 4) is 0 Å². The van der Waals surface area contributed by atoms with Crippen LogP contribution < -0.4 is 5.32 Å². The van der Waals surface area contributed by atoms with Crippen LogP contribution in [-0.4, -0.2) is 49.0 Å². The van der Waals surface area contributed by atoms with Gasteiger partial charge in [0, 0.05) is 12.0 Å². The van der Waals surface area contributed by atoms with Crippen LogP contribution in [0.1, 0.15) is 72.0 Å². The second-order valence-corrected chi connectivity index (χ2v) is 9.27. The summed E-state index contributed by atoms with van der Waals surface area (Å²) >= 11 is 0. The SMILES string of the molecule is CCCc1ncc(F)c(Nc2nn(C(=O)OCC)c3c2CN(C(=O)OC(C)(C)C)C3(C)C)n1. The van der Waals surface area contributed by atoms with E-state index in [2.05, 4.69) is 20.4 Å². The number of amides is 1. The van der Waals surface area contributed by atoms with E-state index in [0.717, 1.165) is 17.3 Å². The van der Waals surface area contributed by atoms with Crippen LogP contribution in [0.2, 0.25) is 0 Å². The van der Waals surface area contributed by atoms with E-state index in [1.165, 1.54) is 4.90 Å². The summed E-state index contributed by atoms with van der Waals surface area (Å²) in [6.45, 7) is 12.8. The second kappa shape index (κ2) is 8.95. The summed E-state index contributed by atoms with van der Waals surface area (Å²) in [5, 5.41) is 7.24. The Morgan fingerprint density at radius 2 is 1.91 bits per heavy atom. The number of ether oxygens (including phenoxy) is 2. The van der Waals surface area contributed by atoms with Crippen molar-refractivity contribution in [2.45, 2.75) is 79.0 Å². The molecular formula is C22H31FN6O4. The van der Waals surface area contributed by atoms with Crippen LogP contribution in [0.4, 0.5) is 25.6 Å². The van der Waals surface area contributed by atoms with Crippen molar-refractivity contribution in [1.29, 1.82) is 0 Å². The minimum atomic E-state index is -0.949. The van der Waals surface area contributed by atoms with Crippen LogP contribution in [0, 0.1) is 5.82 Å². The van der Waals surface area contributed by atoms with Crippen molar-refractivity contribution >= 4 is 23.8 Å². The van der Waals surface area contributed by atoms with Crippen LogP contribution in [0.15, 0.2) is 6.20 Å². The largest absolute Gasteiger partial charge is 0.448 e. The number of rotatable bonds is 5. The zero-order valence-corrected chi connectivity index (χ0v) is 20.2. The molecule has 0 radical (unpaired) electrons. The van der Waals surface area contributed by atoms with E-state index in [1.807, 2.05) is 6.92 Å². The van der Waals surface area contributed by atoms with E-state index < -0.39 is 29.1 Å². The number of aromatic nitrogens is 4. The van der Waals surface area contributed by atoms with Gasteiger partial charge in [-0.3, -0.25) is 4.90 Å². The maximum atomic E-state index is 14.5. The number of nitrogens with one attached hydrogen (secondary N) is 1. The number of fused-ring (bicyclic) bond motifs is 1. The molecule has 11 heteroatoms. The Kier molecular flexibility index (Phi) is 6.62. The van der Waals surface area contributed by atoms with E-state index in [9.17, 15) is 14.0 Å². The molecule has 0 fully saturated rings. The van der Waals surface area contributed by atoms with Gasteiger partial charge in [0.15, 0.2) is 17.5 Å². The molecule has 0 atom stereocenters. The third kappa shape index (κ3) is 4.91. The number of aryl methyl sites for hydroxylation is 1. The highest BCUT2D eigenvalue weighted by Gasteiger charge is 2.48. The molecule has 0 saturated carbocycles. The van der Waals surface area contributed by atoms with Gasteiger partial charge in [0.05, 0.1) is 30.6 Å². The highest BCUT2D eigenvalue weighted by molar-refractivity contribution is 5.77. The lowest BCUT2D eigenvalue weighted by Gasteiger charge is -2.34. The van der Waals surface area contributed by atoms with Gasteiger partial charge in [-0.05, 0) is 48.0 Å². The number of halogens is 1. The van der Waals surface area contributed by atoms with Gasteiger partial charge in [0.2, 0.25) is 0 Å². The molecule has 180 valence electrons. The van der Waals surface area contributed by atoms with Gasteiger partial charge in [-0.15, -0.1) is 5.10 Å². The fraction of sp³-hybridized carbons (Fsp3) is 0.591. The first-order chi connectivity index (χ1) is 15.4. The lowest BCUT2D eigenvalue weighted by atomic mass is 10.0. The number of nitrogens with zero attached hydrogens (tertiary/aromatic N) is 5. The molecule has 0 aromatic carbocycles. The average Bonchev–Trinajstić information content (AvgIpc) is 3.19. The minimum absolute atomic E-state index is 0.0571. The Morgan fingerprint density at radius 1 is 1.21 bits per heavy atom. The van der Waals surface area contributed by atoms with Crippen molar-refractivity contribution in [1.82, 2.24) is 24.6 Å². The summed E-state index contributed by atoms with van der Waals surface area (Å²) in [6.07, 6.45) is 1.25. The van der Waals surface area contributed by atoms with Gasteiger partial charge in [-0.1, -0.05) is 6.92 Å². The Morgan fingerprint density at radius 3 is 2.52 bits per heavy atom. The van der Waals surface area contributed by atoms with Gasteiger partial charge in [0.1, 0.15) is 11.4 Å². The molecule has 0 spiro atoms. The Labute approximate surface area is 192 Å². The number of carbonyl (C=O) groups is 2. The second-order valence-electron chi connectivity index (χ2n) is 9.27. The smallest absolute Gasteiger partial charge is 0.435 e. The molecule has 1 aliphatic rings. The van der Waals surface area contributed by atoms with Crippen LogP contribution in [0.3, 0.4) is 0 Å². The number of anilines is 2. The highest BCUT2D eigenvalue weighted by atomic mass is 19.1. The zero-order valence-electron chi connectivity index (χ0n) is 20.2. The molecule has 0 unspecified atom stereocenters. The molecule has 1 N–H and O–H groups in total. The van der Waals surface area contributed by atoms with Gasteiger partial charge in [-0.2, -0.15) is 4.68 Å². The predicted molar refractivity (Wildman–Crippen MR) is 119 cm³/mol. The lowest BCUT2D eigenvalue weighted by Crippen LogP contribution is -2.44. The molecule has 3 heterocycles. The first-order valence-corrected chi connectivity index (χ1v) is 11.0. The molecule has 1 amide bonds. The molecule has 3 rings (SSSR count). The molecule has 0 saturated heterocycles. The molecule has 0 aliphatic carbocycles. The van der Waals surface area contributed by atoms with Gasteiger partial charge in [-0.25, -0.2) is 23.9 Å². The predicted octanol–water partition coefficient (Wildman–Crippen LogP) is 4.50. The Hall–Kier alpha value is -3.24. The number of hydrogen-bond donors (Lipinski definition) is 1. The van der Waals surface area contributed by atoms with Crippen LogP contribution in [0.25, 0.3) is 0 Å². The monoisotopic (exact) mass is 462 g/mol. The third-order valence-corrected chi connectivity index (χ3v) is 5.11. The summed E-state index contributed by atoms with van der Waals surface area (Å²) in [6, 6.07) is 0. The summed E-state index contributed by atoms with van der Waals surface area (Å²) in [5.74, 6) is -0.0235. The molecule has 2 aromatic rings. The summed E-state index contributed by atoms with van der Waals surface area (Å²) in [7, 11) is 0. The fourth-order valence-electron chi connectivity index (χ4n) is 3.69. The summed E-state index contributed by atoms with van der Waals surface area (Å²) in [5.41, 5.74) is -0.642. The highest BCUT2D eigenvalue weighted by Crippen LogP contribution is 2.43. The quantitative estimate of drug-likeness (QED) is 0.691. The summed E-state index contributed by atoms with van der Waals surface area (Å²) < 4.78 is 26.3. The van der Waals surface area contributed by atoms with Crippen molar-refractivity contribution < 1.29 is 23.5 Å². The van der Waals surface area contributed by atoms with E-state index in [0.29, 0.717) is 23.5 Å². The first kappa shape index (κ1) is 24.4. The first-order valence-electron chi connectivity index (χ1n) is 11.0. The van der Waals surface area contributed by atoms with Crippen LogP contribution in [0.5, 0.6) is 0 Å². The molecule has 2 aromatic heterocycles.